The first-order valence-electron chi connectivity index (χ1n) is 5.90. The minimum Gasteiger partial charge on any atom is -0.321 e. The highest BCUT2D eigenvalue weighted by Crippen LogP contribution is 2.22. The maximum absolute atomic E-state index is 12.9. The first kappa shape index (κ1) is 12.5. The number of carbonyl (C=O) groups excluding carboxylic acids is 2. The van der Waals surface area contributed by atoms with Gasteiger partial charge in [-0.1, -0.05) is 0 Å². The van der Waals surface area contributed by atoms with E-state index in [1.54, 1.807) is 4.90 Å². The zero-order valence-corrected chi connectivity index (χ0v) is 10.4. The Labute approximate surface area is 105 Å². The third-order valence-corrected chi connectivity index (χ3v) is 2.96. The summed E-state index contributed by atoms with van der Waals surface area (Å²) in [6.45, 7) is 4.24. The maximum atomic E-state index is 12.9. The van der Waals surface area contributed by atoms with Gasteiger partial charge >= 0.3 is 6.03 Å². The molecule has 96 valence electrons. The number of halogens is 1. The van der Waals surface area contributed by atoms with E-state index in [2.05, 4.69) is 0 Å². The van der Waals surface area contributed by atoms with Gasteiger partial charge in [0.05, 0.1) is 5.69 Å². The van der Waals surface area contributed by atoms with Gasteiger partial charge in [-0.15, -0.1) is 0 Å². The molecule has 1 aromatic rings. The second-order valence-corrected chi connectivity index (χ2v) is 4.53. The van der Waals surface area contributed by atoms with Gasteiger partial charge in [-0.25, -0.2) is 14.1 Å². The number of rotatable bonds is 2. The van der Waals surface area contributed by atoms with Crippen molar-refractivity contribution in [3.63, 3.8) is 0 Å². The molecule has 0 bridgehead atoms. The molecule has 0 aromatic heterocycles. The lowest BCUT2D eigenvalue weighted by Crippen LogP contribution is -2.54. The molecule has 0 aliphatic carbocycles. The van der Waals surface area contributed by atoms with Gasteiger partial charge < -0.3 is 4.90 Å². The molecule has 1 aromatic carbocycles. The van der Waals surface area contributed by atoms with Crippen LogP contribution in [-0.2, 0) is 4.79 Å². The standard InChI is InChI=1S/C13H15FN2O2/c1-9(2)15-8-7-12(17)16(13(15)18)11-5-3-10(14)4-6-11/h3-6,9H,7-8H2,1-2H3. The van der Waals surface area contributed by atoms with Crippen molar-refractivity contribution >= 4 is 17.6 Å². The number of amides is 3. The lowest BCUT2D eigenvalue weighted by Gasteiger charge is -2.36. The van der Waals surface area contributed by atoms with Crippen LogP contribution in [0.2, 0.25) is 0 Å². The molecule has 1 aliphatic rings. The summed E-state index contributed by atoms with van der Waals surface area (Å²) >= 11 is 0. The smallest absolute Gasteiger partial charge is 0.321 e. The van der Waals surface area contributed by atoms with E-state index in [4.69, 9.17) is 0 Å². The number of nitrogens with zero attached hydrogens (tertiary/aromatic N) is 2. The molecule has 4 nitrogen and oxygen atoms in total. The number of imide groups is 1. The molecule has 1 fully saturated rings. The highest BCUT2D eigenvalue weighted by molar-refractivity contribution is 6.15. The summed E-state index contributed by atoms with van der Waals surface area (Å²) in [7, 11) is 0. The minimum absolute atomic E-state index is 0.0357. The Morgan fingerprint density at radius 2 is 1.78 bits per heavy atom. The molecular formula is C13H15FN2O2. The SMILES string of the molecule is CC(C)N1CCC(=O)N(c2ccc(F)cc2)C1=O. The monoisotopic (exact) mass is 250 g/mol. The molecule has 3 amide bonds. The van der Waals surface area contributed by atoms with Crippen molar-refractivity contribution in [3.8, 4) is 0 Å². The van der Waals surface area contributed by atoms with E-state index in [0.29, 0.717) is 18.7 Å². The van der Waals surface area contributed by atoms with Crippen molar-refractivity contribution in [2.45, 2.75) is 26.3 Å². The summed E-state index contributed by atoms with van der Waals surface area (Å²) in [5.41, 5.74) is 0.414. The van der Waals surface area contributed by atoms with Crippen LogP contribution in [0.1, 0.15) is 20.3 Å². The van der Waals surface area contributed by atoms with Gasteiger partial charge in [0.25, 0.3) is 0 Å². The molecule has 1 heterocycles. The van der Waals surface area contributed by atoms with Crippen LogP contribution in [0.5, 0.6) is 0 Å². The minimum atomic E-state index is -0.392. The Morgan fingerprint density at radius 1 is 1.17 bits per heavy atom. The number of carbonyl (C=O) groups is 2. The number of anilines is 1. The van der Waals surface area contributed by atoms with Gasteiger partial charge in [-0.2, -0.15) is 0 Å². The van der Waals surface area contributed by atoms with Gasteiger partial charge in [0.15, 0.2) is 0 Å². The summed E-state index contributed by atoms with van der Waals surface area (Å²) < 4.78 is 12.9. The van der Waals surface area contributed by atoms with Crippen molar-refractivity contribution in [1.29, 1.82) is 0 Å². The molecule has 1 aliphatic heterocycles. The topological polar surface area (TPSA) is 40.6 Å². The summed E-state index contributed by atoms with van der Waals surface area (Å²) in [6, 6.07) is 5.06. The molecule has 0 radical (unpaired) electrons. The summed E-state index contributed by atoms with van der Waals surface area (Å²) in [5, 5.41) is 0. The zero-order valence-electron chi connectivity index (χ0n) is 10.4. The van der Waals surface area contributed by atoms with Gasteiger partial charge in [0.1, 0.15) is 5.82 Å². The van der Waals surface area contributed by atoms with Gasteiger partial charge in [0.2, 0.25) is 5.91 Å². The number of benzene rings is 1. The van der Waals surface area contributed by atoms with Crippen LogP contribution in [0.15, 0.2) is 24.3 Å². The van der Waals surface area contributed by atoms with E-state index in [0.717, 1.165) is 4.90 Å². The van der Waals surface area contributed by atoms with Crippen LogP contribution < -0.4 is 4.90 Å². The third-order valence-electron chi connectivity index (χ3n) is 2.96. The number of hydrogen-bond acceptors (Lipinski definition) is 2. The molecule has 0 saturated carbocycles. The fourth-order valence-electron chi connectivity index (χ4n) is 1.98. The second-order valence-electron chi connectivity index (χ2n) is 4.53. The molecule has 0 atom stereocenters. The lowest BCUT2D eigenvalue weighted by atomic mass is 10.2. The largest absolute Gasteiger partial charge is 0.331 e. The van der Waals surface area contributed by atoms with Gasteiger partial charge in [-0.05, 0) is 38.1 Å². The average Bonchev–Trinajstić information content (AvgIpc) is 2.31. The van der Waals surface area contributed by atoms with Crippen LogP contribution >= 0.6 is 0 Å². The molecule has 5 heteroatoms. The normalized spacial score (nSPS) is 16.7. The molecule has 1 saturated heterocycles. The summed E-state index contributed by atoms with van der Waals surface area (Å²) in [4.78, 5) is 26.8. The zero-order chi connectivity index (χ0) is 13.3. The van der Waals surface area contributed by atoms with E-state index >= 15 is 0 Å². The summed E-state index contributed by atoms with van der Waals surface area (Å²) in [6.07, 6.45) is 0.293. The van der Waals surface area contributed by atoms with E-state index in [1.807, 2.05) is 13.8 Å². The van der Waals surface area contributed by atoms with Crippen molar-refractivity contribution in [2.24, 2.45) is 0 Å². The first-order valence-corrected chi connectivity index (χ1v) is 5.90. The summed E-state index contributed by atoms with van der Waals surface area (Å²) in [5.74, 6) is -0.639. The lowest BCUT2D eigenvalue weighted by molar-refractivity contribution is -0.119. The van der Waals surface area contributed by atoms with Crippen molar-refractivity contribution in [3.05, 3.63) is 30.1 Å². The van der Waals surface area contributed by atoms with E-state index in [1.165, 1.54) is 24.3 Å². The Hall–Kier alpha value is -1.91. The van der Waals surface area contributed by atoms with Crippen LogP contribution in [-0.4, -0.2) is 29.4 Å². The van der Waals surface area contributed by atoms with Crippen LogP contribution in [0.25, 0.3) is 0 Å². The van der Waals surface area contributed by atoms with E-state index < -0.39 is 5.82 Å². The Kier molecular flexibility index (Phi) is 3.32. The Morgan fingerprint density at radius 3 is 2.33 bits per heavy atom. The number of hydrogen-bond donors (Lipinski definition) is 0. The Bertz CT molecular complexity index is 470. The third kappa shape index (κ3) is 2.20. The highest BCUT2D eigenvalue weighted by Gasteiger charge is 2.34. The second kappa shape index (κ2) is 4.76. The predicted molar refractivity (Wildman–Crippen MR) is 65.7 cm³/mol. The van der Waals surface area contributed by atoms with Crippen molar-refractivity contribution in [1.82, 2.24) is 4.90 Å². The van der Waals surface area contributed by atoms with E-state index in [-0.39, 0.29) is 18.0 Å². The van der Waals surface area contributed by atoms with Gasteiger partial charge in [-0.3, -0.25) is 4.79 Å². The first-order chi connectivity index (χ1) is 8.50. The van der Waals surface area contributed by atoms with Crippen molar-refractivity contribution in [2.75, 3.05) is 11.4 Å². The fraction of sp³-hybridized carbons (Fsp3) is 0.385. The van der Waals surface area contributed by atoms with Crippen LogP contribution in [0.3, 0.4) is 0 Å². The molecule has 0 spiro atoms. The Balaban J connectivity index is 2.31. The molecule has 2 rings (SSSR count). The highest BCUT2D eigenvalue weighted by atomic mass is 19.1. The van der Waals surface area contributed by atoms with Crippen molar-refractivity contribution < 1.29 is 14.0 Å². The predicted octanol–water partition coefficient (Wildman–Crippen LogP) is 2.39. The molecule has 18 heavy (non-hydrogen) atoms. The van der Waals surface area contributed by atoms with Crippen LogP contribution in [0.4, 0.5) is 14.9 Å². The molecular weight excluding hydrogens is 235 g/mol. The molecule has 0 N–H and O–H groups in total. The maximum Gasteiger partial charge on any atom is 0.331 e. The van der Waals surface area contributed by atoms with Crippen LogP contribution in [0, 0.1) is 5.82 Å². The fourth-order valence-corrected chi connectivity index (χ4v) is 1.98. The number of urea groups is 1. The van der Waals surface area contributed by atoms with E-state index in [9.17, 15) is 14.0 Å². The quantitative estimate of drug-likeness (QED) is 0.808. The molecule has 0 unspecified atom stereocenters. The van der Waals surface area contributed by atoms with Gasteiger partial charge in [0, 0.05) is 19.0 Å². The average molecular weight is 250 g/mol.